The Kier molecular flexibility index (Phi) is 5.60. The van der Waals surface area contributed by atoms with Gasteiger partial charge in [0.25, 0.3) is 0 Å². The highest BCUT2D eigenvalue weighted by Crippen LogP contribution is 2.33. The maximum absolute atomic E-state index is 12.6. The van der Waals surface area contributed by atoms with Crippen LogP contribution in [0.4, 0.5) is 0 Å². The Morgan fingerprint density at radius 2 is 1.85 bits per heavy atom. The number of rotatable bonds is 5. The van der Waals surface area contributed by atoms with Crippen LogP contribution >= 0.6 is 0 Å². The lowest BCUT2D eigenvalue weighted by Gasteiger charge is -2.36. The molecule has 2 heterocycles. The number of amides is 1. The number of carbonyl (C=O) groups excluding carboxylic acids is 1. The Morgan fingerprint density at radius 3 is 2.52 bits per heavy atom. The zero-order valence-corrected chi connectivity index (χ0v) is 16.0. The van der Waals surface area contributed by atoms with Crippen LogP contribution in [0.3, 0.4) is 0 Å². The van der Waals surface area contributed by atoms with Crippen LogP contribution in [0.2, 0.25) is 0 Å². The molecule has 1 amide bonds. The number of hydrogen-bond donors (Lipinski definition) is 1. The number of likely N-dealkylation sites (tertiary alicyclic amines) is 1. The minimum absolute atomic E-state index is 0.0475. The first-order valence-electron chi connectivity index (χ1n) is 9.09. The van der Waals surface area contributed by atoms with E-state index in [-0.39, 0.29) is 11.8 Å². The largest absolute Gasteiger partial charge is 0.497 e. The summed E-state index contributed by atoms with van der Waals surface area (Å²) in [5.74, 6) is 1.90. The molecule has 3 rings (SSSR count). The van der Waals surface area contributed by atoms with Gasteiger partial charge in [0.15, 0.2) is 0 Å². The second-order valence-corrected chi connectivity index (χ2v) is 7.34. The molecule has 7 nitrogen and oxygen atoms in total. The highest BCUT2D eigenvalue weighted by molar-refractivity contribution is 5.85. The van der Waals surface area contributed by atoms with Crippen molar-refractivity contribution in [3.63, 3.8) is 0 Å². The Bertz CT molecular complexity index is 787. The van der Waals surface area contributed by atoms with Gasteiger partial charge in [-0.15, -0.1) is 0 Å². The molecule has 1 aromatic carbocycles. The van der Waals surface area contributed by atoms with Crippen LogP contribution in [0.5, 0.6) is 17.4 Å². The molecule has 1 fully saturated rings. The highest BCUT2D eigenvalue weighted by Gasteiger charge is 2.33. The van der Waals surface area contributed by atoms with E-state index in [2.05, 4.69) is 9.97 Å². The van der Waals surface area contributed by atoms with Crippen LogP contribution in [0.1, 0.15) is 38.3 Å². The molecule has 0 bridgehead atoms. The maximum Gasteiger partial charge on any atom is 0.242 e. The number of carbonyl (C=O) groups is 1. The molecule has 1 aliphatic heterocycles. The molecule has 144 valence electrons. The van der Waals surface area contributed by atoms with Crippen molar-refractivity contribution >= 4 is 5.91 Å². The van der Waals surface area contributed by atoms with Crippen molar-refractivity contribution in [1.82, 2.24) is 14.9 Å². The summed E-state index contributed by atoms with van der Waals surface area (Å²) >= 11 is 0. The van der Waals surface area contributed by atoms with Gasteiger partial charge in [0.1, 0.15) is 17.2 Å². The molecule has 0 aliphatic carbocycles. The molecular weight excluding hydrogens is 344 g/mol. The van der Waals surface area contributed by atoms with Gasteiger partial charge in [-0.3, -0.25) is 9.78 Å². The van der Waals surface area contributed by atoms with Gasteiger partial charge in [-0.1, -0.05) is 0 Å². The molecule has 2 N–H and O–H groups in total. The molecule has 1 atom stereocenters. The van der Waals surface area contributed by atoms with Crippen molar-refractivity contribution in [3.05, 3.63) is 42.4 Å². The van der Waals surface area contributed by atoms with Crippen molar-refractivity contribution in [3.8, 4) is 17.4 Å². The fraction of sp³-hybridized carbons (Fsp3) is 0.450. The lowest BCUT2D eigenvalue weighted by molar-refractivity contribution is -0.137. The number of nitrogens with zero attached hydrogens (tertiary/aromatic N) is 3. The molecule has 27 heavy (non-hydrogen) atoms. The number of hydrogen-bond acceptors (Lipinski definition) is 6. The van der Waals surface area contributed by atoms with E-state index in [4.69, 9.17) is 15.2 Å². The van der Waals surface area contributed by atoms with E-state index in [1.807, 2.05) is 29.2 Å². The Labute approximate surface area is 159 Å². The SMILES string of the molecule is COc1ccc(Oc2nccnc2C2CCCN(C(=O)C(C)(C)N)C2)cc1. The maximum atomic E-state index is 12.6. The molecule has 2 aromatic rings. The third kappa shape index (κ3) is 4.54. The first-order valence-corrected chi connectivity index (χ1v) is 9.09. The van der Waals surface area contributed by atoms with Gasteiger partial charge in [-0.2, -0.15) is 0 Å². The third-order valence-electron chi connectivity index (χ3n) is 4.61. The lowest BCUT2D eigenvalue weighted by atomic mass is 9.93. The number of piperidine rings is 1. The van der Waals surface area contributed by atoms with Gasteiger partial charge in [-0.05, 0) is 51.0 Å². The van der Waals surface area contributed by atoms with Gasteiger partial charge >= 0.3 is 0 Å². The second-order valence-electron chi connectivity index (χ2n) is 7.34. The van der Waals surface area contributed by atoms with Crippen molar-refractivity contribution in [2.45, 2.75) is 38.1 Å². The van der Waals surface area contributed by atoms with E-state index in [0.717, 1.165) is 24.3 Å². The molecule has 1 unspecified atom stereocenters. The molecule has 0 saturated carbocycles. The van der Waals surface area contributed by atoms with Crippen LogP contribution in [0.25, 0.3) is 0 Å². The fourth-order valence-corrected chi connectivity index (χ4v) is 3.24. The lowest BCUT2D eigenvalue weighted by Crippen LogP contribution is -2.53. The number of aromatic nitrogens is 2. The number of benzene rings is 1. The van der Waals surface area contributed by atoms with Crippen LogP contribution < -0.4 is 15.2 Å². The molecule has 1 aliphatic rings. The molecule has 0 spiro atoms. The number of nitrogens with two attached hydrogens (primary N) is 1. The van der Waals surface area contributed by atoms with Crippen LogP contribution in [-0.2, 0) is 4.79 Å². The first-order chi connectivity index (χ1) is 12.9. The van der Waals surface area contributed by atoms with Gasteiger partial charge in [0, 0.05) is 31.4 Å². The summed E-state index contributed by atoms with van der Waals surface area (Å²) in [6.45, 7) is 4.75. The normalized spacial score (nSPS) is 17.5. The van der Waals surface area contributed by atoms with Crippen LogP contribution in [0.15, 0.2) is 36.7 Å². The van der Waals surface area contributed by atoms with E-state index in [9.17, 15) is 4.79 Å². The van der Waals surface area contributed by atoms with Crippen LogP contribution in [0, 0.1) is 0 Å². The predicted molar refractivity (Wildman–Crippen MR) is 102 cm³/mol. The van der Waals surface area contributed by atoms with Gasteiger partial charge < -0.3 is 20.1 Å². The van der Waals surface area contributed by atoms with E-state index in [1.165, 1.54) is 0 Å². The Balaban J connectivity index is 1.79. The van der Waals surface area contributed by atoms with Crippen molar-refractivity contribution in [2.24, 2.45) is 5.73 Å². The van der Waals surface area contributed by atoms with E-state index < -0.39 is 5.54 Å². The van der Waals surface area contributed by atoms with Crippen LogP contribution in [-0.4, -0.2) is 46.5 Å². The molecule has 1 aromatic heterocycles. The zero-order valence-electron chi connectivity index (χ0n) is 16.0. The summed E-state index contributed by atoms with van der Waals surface area (Å²) in [5.41, 5.74) is 5.88. The number of methoxy groups -OCH3 is 1. The van der Waals surface area contributed by atoms with Crippen molar-refractivity contribution in [1.29, 1.82) is 0 Å². The molecule has 7 heteroatoms. The average molecular weight is 370 g/mol. The molecule has 0 radical (unpaired) electrons. The predicted octanol–water partition coefficient (Wildman–Crippen LogP) is 2.72. The van der Waals surface area contributed by atoms with E-state index in [0.29, 0.717) is 24.7 Å². The van der Waals surface area contributed by atoms with Crippen molar-refractivity contribution < 1.29 is 14.3 Å². The summed E-state index contributed by atoms with van der Waals surface area (Å²) < 4.78 is 11.1. The standard InChI is InChI=1S/C20H26N4O3/c1-20(2,21)19(25)24-12-4-5-14(13-24)17-18(23-11-10-22-17)27-16-8-6-15(26-3)7-9-16/h6-11,14H,4-5,12-13,21H2,1-3H3. The second kappa shape index (κ2) is 7.92. The van der Waals surface area contributed by atoms with Gasteiger partial charge in [0.05, 0.1) is 12.6 Å². The average Bonchev–Trinajstić information content (AvgIpc) is 2.68. The summed E-state index contributed by atoms with van der Waals surface area (Å²) in [6.07, 6.45) is 5.08. The smallest absolute Gasteiger partial charge is 0.242 e. The topological polar surface area (TPSA) is 90.6 Å². The van der Waals surface area contributed by atoms with Crippen molar-refractivity contribution in [2.75, 3.05) is 20.2 Å². The zero-order chi connectivity index (χ0) is 19.4. The molecule has 1 saturated heterocycles. The summed E-state index contributed by atoms with van der Waals surface area (Å²) in [6, 6.07) is 7.31. The summed E-state index contributed by atoms with van der Waals surface area (Å²) in [4.78, 5) is 23.2. The number of ether oxygens (including phenoxy) is 2. The van der Waals surface area contributed by atoms with E-state index >= 15 is 0 Å². The van der Waals surface area contributed by atoms with E-state index in [1.54, 1.807) is 33.4 Å². The van der Waals surface area contributed by atoms with Gasteiger partial charge in [-0.25, -0.2) is 4.98 Å². The monoisotopic (exact) mass is 370 g/mol. The fourth-order valence-electron chi connectivity index (χ4n) is 3.24. The quantitative estimate of drug-likeness (QED) is 0.870. The third-order valence-corrected chi connectivity index (χ3v) is 4.61. The Hall–Kier alpha value is -2.67. The minimum Gasteiger partial charge on any atom is -0.497 e. The molecular formula is C20H26N4O3. The summed E-state index contributed by atoms with van der Waals surface area (Å²) in [5, 5.41) is 0. The minimum atomic E-state index is -0.882. The Morgan fingerprint density at radius 1 is 1.19 bits per heavy atom. The summed E-state index contributed by atoms with van der Waals surface area (Å²) in [7, 11) is 1.62. The first kappa shape index (κ1) is 19.1. The van der Waals surface area contributed by atoms with Gasteiger partial charge in [0.2, 0.25) is 11.8 Å². The highest BCUT2D eigenvalue weighted by atomic mass is 16.5.